The van der Waals surface area contributed by atoms with Crippen molar-refractivity contribution in [1.82, 2.24) is 15.1 Å². The summed E-state index contributed by atoms with van der Waals surface area (Å²) in [5, 5.41) is 2.47. The Bertz CT molecular complexity index is 1300. The van der Waals surface area contributed by atoms with E-state index >= 15 is 0 Å². The summed E-state index contributed by atoms with van der Waals surface area (Å²) < 4.78 is 27.0. The molecule has 8 nitrogen and oxygen atoms in total. The third-order valence-corrected chi connectivity index (χ3v) is 8.52. The van der Waals surface area contributed by atoms with Crippen LogP contribution in [0, 0.1) is 6.92 Å². The monoisotopic (exact) mass is 511 g/mol. The van der Waals surface area contributed by atoms with Gasteiger partial charge in [-0.1, -0.05) is 42.0 Å². The number of carbonyl (C=O) groups is 3. The second-order valence-electron chi connectivity index (χ2n) is 8.17. The SMILES string of the molecule is Cc1ccc(S(=O)(=O)[C@@H](NC(=O)c2ccccc2)C(=O)N2CCN(C(=O)c3cccs3)CC2)cc1. The molecule has 10 heteroatoms. The van der Waals surface area contributed by atoms with Crippen molar-refractivity contribution in [3.8, 4) is 0 Å². The van der Waals surface area contributed by atoms with E-state index in [2.05, 4.69) is 5.32 Å². The normalized spacial score (nSPS) is 14.9. The maximum atomic E-state index is 13.5. The fourth-order valence-corrected chi connectivity index (χ4v) is 5.93. The average Bonchev–Trinajstić information content (AvgIpc) is 3.42. The van der Waals surface area contributed by atoms with Crippen LogP contribution in [-0.2, 0) is 14.6 Å². The van der Waals surface area contributed by atoms with Crippen molar-refractivity contribution in [2.45, 2.75) is 17.2 Å². The van der Waals surface area contributed by atoms with Crippen LogP contribution in [0.1, 0.15) is 25.6 Å². The average molecular weight is 512 g/mol. The van der Waals surface area contributed by atoms with E-state index < -0.39 is 27.0 Å². The van der Waals surface area contributed by atoms with Gasteiger partial charge in [0, 0.05) is 31.7 Å². The number of rotatable bonds is 6. The smallest absolute Gasteiger partial charge is 0.264 e. The van der Waals surface area contributed by atoms with E-state index in [0.29, 0.717) is 4.88 Å². The summed E-state index contributed by atoms with van der Waals surface area (Å²) in [5.41, 5.74) is 1.11. The summed E-state index contributed by atoms with van der Waals surface area (Å²) in [7, 11) is -4.24. The summed E-state index contributed by atoms with van der Waals surface area (Å²) in [6.45, 7) is 2.69. The second-order valence-corrected chi connectivity index (χ2v) is 11.2. The third-order valence-electron chi connectivity index (χ3n) is 5.79. The molecule has 0 spiro atoms. The molecule has 2 aromatic carbocycles. The van der Waals surface area contributed by atoms with Gasteiger partial charge in [0.05, 0.1) is 9.77 Å². The highest BCUT2D eigenvalue weighted by Crippen LogP contribution is 2.20. The van der Waals surface area contributed by atoms with Crippen LogP contribution in [0.15, 0.2) is 77.0 Å². The van der Waals surface area contributed by atoms with E-state index in [1.807, 2.05) is 12.3 Å². The fourth-order valence-electron chi connectivity index (χ4n) is 3.78. The minimum atomic E-state index is -4.24. The van der Waals surface area contributed by atoms with E-state index in [0.717, 1.165) is 5.56 Å². The second kappa shape index (κ2) is 10.4. The van der Waals surface area contributed by atoms with Crippen LogP contribution in [0.4, 0.5) is 0 Å². The first kappa shape index (κ1) is 24.6. The zero-order valence-electron chi connectivity index (χ0n) is 19.1. The van der Waals surface area contributed by atoms with Gasteiger partial charge in [0.25, 0.3) is 17.7 Å². The molecule has 1 saturated heterocycles. The minimum Gasteiger partial charge on any atom is -0.336 e. The van der Waals surface area contributed by atoms with E-state index in [1.54, 1.807) is 59.5 Å². The zero-order chi connectivity index (χ0) is 25.0. The lowest BCUT2D eigenvalue weighted by molar-refractivity contribution is -0.132. The number of thiophene rings is 1. The van der Waals surface area contributed by atoms with Crippen LogP contribution in [-0.4, -0.2) is 67.5 Å². The largest absolute Gasteiger partial charge is 0.336 e. The Labute approximate surface area is 208 Å². The van der Waals surface area contributed by atoms with Crippen molar-refractivity contribution in [3.63, 3.8) is 0 Å². The standard InChI is InChI=1S/C25H25N3O5S2/c1-18-9-11-20(12-10-18)35(32,33)23(26-22(29)19-6-3-2-4-7-19)25(31)28-15-13-27(14-16-28)24(30)21-8-5-17-34-21/h2-12,17,23H,13-16H2,1H3,(H,26,29)/t23-/m1/s1. The van der Waals surface area contributed by atoms with Crippen molar-refractivity contribution in [1.29, 1.82) is 0 Å². The first-order valence-corrected chi connectivity index (χ1v) is 13.5. The molecule has 1 aromatic heterocycles. The van der Waals surface area contributed by atoms with Gasteiger partial charge in [0.15, 0.2) is 0 Å². The predicted octanol–water partition coefficient (Wildman–Crippen LogP) is 2.57. The Morgan fingerprint density at radius 2 is 1.49 bits per heavy atom. The number of aryl methyl sites for hydroxylation is 1. The molecule has 0 aliphatic carbocycles. The molecule has 1 fully saturated rings. The lowest BCUT2D eigenvalue weighted by atomic mass is 10.2. The Kier molecular flexibility index (Phi) is 7.32. The highest BCUT2D eigenvalue weighted by molar-refractivity contribution is 7.92. The van der Waals surface area contributed by atoms with E-state index in [4.69, 9.17) is 0 Å². The van der Waals surface area contributed by atoms with Crippen molar-refractivity contribution in [3.05, 3.63) is 88.1 Å². The molecule has 182 valence electrons. The van der Waals surface area contributed by atoms with Gasteiger partial charge in [-0.05, 0) is 42.6 Å². The fraction of sp³-hybridized carbons (Fsp3) is 0.240. The maximum absolute atomic E-state index is 13.5. The van der Waals surface area contributed by atoms with Gasteiger partial charge in [-0.3, -0.25) is 14.4 Å². The summed E-state index contributed by atoms with van der Waals surface area (Å²) in [6, 6.07) is 17.8. The number of nitrogens with one attached hydrogen (secondary N) is 1. The van der Waals surface area contributed by atoms with Crippen molar-refractivity contribution in [2.24, 2.45) is 0 Å². The van der Waals surface area contributed by atoms with Crippen molar-refractivity contribution >= 4 is 38.9 Å². The first-order chi connectivity index (χ1) is 16.8. The molecule has 35 heavy (non-hydrogen) atoms. The number of sulfone groups is 1. The minimum absolute atomic E-state index is 0.0543. The number of piperazine rings is 1. The van der Waals surface area contributed by atoms with Crippen LogP contribution < -0.4 is 5.32 Å². The van der Waals surface area contributed by atoms with Gasteiger partial charge in [0.2, 0.25) is 15.2 Å². The summed E-state index contributed by atoms with van der Waals surface area (Å²) in [4.78, 5) is 42.5. The topological polar surface area (TPSA) is 104 Å². The molecule has 2 heterocycles. The van der Waals surface area contributed by atoms with Crippen LogP contribution in [0.3, 0.4) is 0 Å². The molecule has 0 bridgehead atoms. The summed E-state index contributed by atoms with van der Waals surface area (Å²) in [5.74, 6) is -1.50. The quantitative estimate of drug-likeness (QED) is 0.548. The van der Waals surface area contributed by atoms with E-state index in [1.165, 1.54) is 28.4 Å². The predicted molar refractivity (Wildman–Crippen MR) is 133 cm³/mol. The highest BCUT2D eigenvalue weighted by Gasteiger charge is 2.39. The number of nitrogens with zero attached hydrogens (tertiary/aromatic N) is 2. The van der Waals surface area contributed by atoms with Crippen LogP contribution >= 0.6 is 11.3 Å². The highest BCUT2D eigenvalue weighted by atomic mass is 32.2. The molecule has 1 atom stereocenters. The Morgan fingerprint density at radius 1 is 0.857 bits per heavy atom. The van der Waals surface area contributed by atoms with Gasteiger partial charge >= 0.3 is 0 Å². The molecule has 0 unspecified atom stereocenters. The number of hydrogen-bond donors (Lipinski definition) is 1. The summed E-state index contributed by atoms with van der Waals surface area (Å²) >= 11 is 1.34. The Hall–Kier alpha value is -3.50. The lowest BCUT2D eigenvalue weighted by Gasteiger charge is -2.36. The van der Waals surface area contributed by atoms with E-state index in [-0.39, 0.29) is 42.5 Å². The molecule has 1 aliphatic rings. The van der Waals surface area contributed by atoms with E-state index in [9.17, 15) is 22.8 Å². The molecule has 1 N–H and O–H groups in total. The molecular weight excluding hydrogens is 486 g/mol. The molecule has 3 aromatic rings. The Morgan fingerprint density at radius 3 is 2.09 bits per heavy atom. The van der Waals surface area contributed by atoms with Gasteiger partial charge in [0.1, 0.15) is 0 Å². The number of amides is 3. The van der Waals surface area contributed by atoms with Gasteiger partial charge < -0.3 is 15.1 Å². The molecular formula is C25H25N3O5S2. The molecule has 0 saturated carbocycles. The van der Waals surface area contributed by atoms with Crippen LogP contribution in [0.25, 0.3) is 0 Å². The van der Waals surface area contributed by atoms with Gasteiger partial charge in [-0.2, -0.15) is 0 Å². The molecule has 4 rings (SSSR count). The van der Waals surface area contributed by atoms with Gasteiger partial charge in [-0.15, -0.1) is 11.3 Å². The first-order valence-electron chi connectivity index (χ1n) is 11.1. The summed E-state index contributed by atoms with van der Waals surface area (Å²) in [6.07, 6.45) is 0. The molecule has 3 amide bonds. The van der Waals surface area contributed by atoms with Crippen molar-refractivity contribution < 1.29 is 22.8 Å². The maximum Gasteiger partial charge on any atom is 0.264 e. The number of hydrogen-bond acceptors (Lipinski definition) is 6. The number of benzene rings is 2. The van der Waals surface area contributed by atoms with Crippen molar-refractivity contribution in [2.75, 3.05) is 26.2 Å². The van der Waals surface area contributed by atoms with Gasteiger partial charge in [-0.25, -0.2) is 8.42 Å². The number of carbonyl (C=O) groups excluding carboxylic acids is 3. The molecule has 1 aliphatic heterocycles. The Balaban J connectivity index is 1.56. The third kappa shape index (κ3) is 5.44. The van der Waals surface area contributed by atoms with Crippen LogP contribution in [0.2, 0.25) is 0 Å². The molecule has 0 radical (unpaired) electrons. The lowest BCUT2D eigenvalue weighted by Crippen LogP contribution is -2.57. The zero-order valence-corrected chi connectivity index (χ0v) is 20.7. The van der Waals surface area contributed by atoms with Crippen LogP contribution in [0.5, 0.6) is 0 Å².